The molecule has 1 amide bonds. The number of hydrogen-bond acceptors (Lipinski definition) is 4. The molecule has 0 saturated carbocycles. The van der Waals surface area contributed by atoms with Gasteiger partial charge in [-0.1, -0.05) is 24.3 Å². The van der Waals surface area contributed by atoms with E-state index in [9.17, 15) is 4.79 Å². The summed E-state index contributed by atoms with van der Waals surface area (Å²) in [4.78, 5) is 12.6. The van der Waals surface area contributed by atoms with Gasteiger partial charge >= 0.3 is 0 Å². The number of benzene rings is 1. The van der Waals surface area contributed by atoms with Crippen LogP contribution in [0.2, 0.25) is 0 Å². The third-order valence-corrected chi connectivity index (χ3v) is 4.24. The number of nitrogens with one attached hydrogen (secondary N) is 2. The van der Waals surface area contributed by atoms with E-state index in [-0.39, 0.29) is 5.91 Å². The van der Waals surface area contributed by atoms with Crippen molar-refractivity contribution in [3.05, 3.63) is 35.4 Å². The Labute approximate surface area is 132 Å². The van der Waals surface area contributed by atoms with Gasteiger partial charge in [0.05, 0.1) is 6.61 Å². The Kier molecular flexibility index (Phi) is 6.36. The van der Waals surface area contributed by atoms with E-state index in [4.69, 9.17) is 9.47 Å². The molecule has 0 aliphatic carbocycles. The number of piperidine rings is 1. The van der Waals surface area contributed by atoms with Crippen molar-refractivity contribution in [2.45, 2.75) is 38.5 Å². The van der Waals surface area contributed by atoms with Gasteiger partial charge in [-0.15, -0.1) is 0 Å². The molecule has 0 unspecified atom stereocenters. The molecular weight excluding hydrogens is 280 g/mol. The summed E-state index contributed by atoms with van der Waals surface area (Å²) in [7, 11) is 1.62. The Hall–Kier alpha value is -1.43. The van der Waals surface area contributed by atoms with E-state index in [0.29, 0.717) is 32.6 Å². The lowest BCUT2D eigenvalue weighted by molar-refractivity contribution is -0.146. The quantitative estimate of drug-likeness (QED) is 0.803. The first-order chi connectivity index (χ1) is 10.7. The largest absolute Gasteiger partial charge is 0.377 e. The van der Waals surface area contributed by atoms with Crippen LogP contribution in [0.15, 0.2) is 24.3 Å². The second-order valence-corrected chi connectivity index (χ2v) is 5.54. The number of hydrogen-bond donors (Lipinski definition) is 2. The van der Waals surface area contributed by atoms with Crippen molar-refractivity contribution in [1.82, 2.24) is 10.6 Å². The Balaban J connectivity index is 1.98. The van der Waals surface area contributed by atoms with E-state index in [2.05, 4.69) is 10.6 Å². The molecule has 1 heterocycles. The molecule has 0 bridgehead atoms. The maximum Gasteiger partial charge on any atom is 0.252 e. The predicted octanol–water partition coefficient (Wildman–Crippen LogP) is 1.61. The topological polar surface area (TPSA) is 59.6 Å². The van der Waals surface area contributed by atoms with Gasteiger partial charge in [0.2, 0.25) is 0 Å². The lowest BCUT2D eigenvalue weighted by atomic mass is 9.91. The molecule has 1 aromatic carbocycles. The van der Waals surface area contributed by atoms with Crippen molar-refractivity contribution in [3.63, 3.8) is 0 Å². The normalized spacial score (nSPS) is 17.2. The molecular formula is C17H26N2O3. The summed E-state index contributed by atoms with van der Waals surface area (Å²) in [5.74, 6) is -0.0253. The molecule has 122 valence electrons. The van der Waals surface area contributed by atoms with E-state index >= 15 is 0 Å². The highest BCUT2D eigenvalue weighted by molar-refractivity contribution is 5.85. The summed E-state index contributed by atoms with van der Waals surface area (Å²) >= 11 is 0. The summed E-state index contributed by atoms with van der Waals surface area (Å²) < 4.78 is 11.0. The fraction of sp³-hybridized carbons (Fsp3) is 0.588. The van der Waals surface area contributed by atoms with Gasteiger partial charge in [0.25, 0.3) is 5.91 Å². The number of rotatable bonds is 7. The smallest absolute Gasteiger partial charge is 0.252 e. The third kappa shape index (κ3) is 4.06. The van der Waals surface area contributed by atoms with Crippen molar-refractivity contribution in [2.24, 2.45) is 0 Å². The van der Waals surface area contributed by atoms with E-state index in [1.807, 2.05) is 31.2 Å². The van der Waals surface area contributed by atoms with Crippen molar-refractivity contribution in [1.29, 1.82) is 0 Å². The van der Waals surface area contributed by atoms with Crippen LogP contribution in [0, 0.1) is 0 Å². The van der Waals surface area contributed by atoms with E-state index < -0.39 is 5.60 Å². The molecule has 0 spiro atoms. The van der Waals surface area contributed by atoms with Crippen LogP contribution >= 0.6 is 0 Å². The number of amides is 1. The maximum absolute atomic E-state index is 12.6. The Morgan fingerprint density at radius 3 is 2.59 bits per heavy atom. The lowest BCUT2D eigenvalue weighted by Gasteiger charge is -2.34. The van der Waals surface area contributed by atoms with Gasteiger partial charge in [0.15, 0.2) is 0 Å². The van der Waals surface area contributed by atoms with Crippen molar-refractivity contribution in [2.75, 3.05) is 26.8 Å². The summed E-state index contributed by atoms with van der Waals surface area (Å²) in [5, 5.41) is 6.29. The Morgan fingerprint density at radius 1 is 1.27 bits per heavy atom. The Morgan fingerprint density at radius 2 is 1.95 bits per heavy atom. The molecule has 0 radical (unpaired) electrons. The molecule has 1 fully saturated rings. The highest BCUT2D eigenvalue weighted by atomic mass is 16.5. The first kappa shape index (κ1) is 16.9. The average Bonchev–Trinajstić information content (AvgIpc) is 2.59. The van der Waals surface area contributed by atoms with Crippen LogP contribution in [0.25, 0.3) is 0 Å². The minimum atomic E-state index is -0.694. The summed E-state index contributed by atoms with van der Waals surface area (Å²) in [5.41, 5.74) is 1.51. The number of methoxy groups -OCH3 is 1. The van der Waals surface area contributed by atoms with Gasteiger partial charge in [-0.05, 0) is 44.0 Å². The van der Waals surface area contributed by atoms with Gasteiger partial charge in [0.1, 0.15) is 5.60 Å². The third-order valence-electron chi connectivity index (χ3n) is 4.24. The summed E-state index contributed by atoms with van der Waals surface area (Å²) in [6.45, 7) is 5.34. The zero-order chi connectivity index (χ0) is 15.8. The zero-order valence-corrected chi connectivity index (χ0v) is 13.5. The first-order valence-electron chi connectivity index (χ1n) is 7.90. The van der Waals surface area contributed by atoms with Crippen molar-refractivity contribution in [3.8, 4) is 0 Å². The molecule has 1 saturated heterocycles. The van der Waals surface area contributed by atoms with Crippen LogP contribution < -0.4 is 10.6 Å². The standard InChI is InChI=1S/C17H26N2O3/c1-3-22-13-15-7-5-4-6-14(15)12-19-16(20)17(21-2)8-10-18-11-9-17/h4-7,18H,3,8-13H2,1-2H3,(H,19,20). The van der Waals surface area contributed by atoms with Gasteiger partial charge in [-0.2, -0.15) is 0 Å². The van der Waals surface area contributed by atoms with Crippen LogP contribution in [0.3, 0.4) is 0 Å². The molecule has 1 aromatic rings. The molecule has 5 nitrogen and oxygen atoms in total. The van der Waals surface area contributed by atoms with E-state index in [1.165, 1.54) is 0 Å². The molecule has 5 heteroatoms. The van der Waals surface area contributed by atoms with Crippen LogP contribution in [-0.2, 0) is 27.4 Å². The molecule has 2 N–H and O–H groups in total. The van der Waals surface area contributed by atoms with Crippen LogP contribution in [-0.4, -0.2) is 38.3 Å². The zero-order valence-electron chi connectivity index (χ0n) is 13.5. The predicted molar refractivity (Wildman–Crippen MR) is 85.5 cm³/mol. The fourth-order valence-electron chi connectivity index (χ4n) is 2.77. The van der Waals surface area contributed by atoms with Crippen molar-refractivity contribution < 1.29 is 14.3 Å². The highest BCUT2D eigenvalue weighted by Gasteiger charge is 2.39. The molecule has 0 atom stereocenters. The minimum Gasteiger partial charge on any atom is -0.377 e. The first-order valence-corrected chi connectivity index (χ1v) is 7.90. The second kappa shape index (κ2) is 8.27. The molecule has 1 aliphatic heterocycles. The van der Waals surface area contributed by atoms with Crippen LogP contribution in [0.4, 0.5) is 0 Å². The number of carbonyl (C=O) groups is 1. The highest BCUT2D eigenvalue weighted by Crippen LogP contribution is 2.23. The monoisotopic (exact) mass is 306 g/mol. The van der Waals surface area contributed by atoms with Gasteiger partial charge in [-0.3, -0.25) is 4.79 Å². The SMILES string of the molecule is CCOCc1ccccc1CNC(=O)C1(OC)CCNCC1. The Bertz CT molecular complexity index is 485. The van der Waals surface area contributed by atoms with Crippen molar-refractivity contribution >= 4 is 5.91 Å². The van der Waals surface area contributed by atoms with Gasteiger partial charge in [-0.25, -0.2) is 0 Å². The van der Waals surface area contributed by atoms with Crippen LogP contribution in [0.5, 0.6) is 0 Å². The number of ether oxygens (including phenoxy) is 2. The van der Waals surface area contributed by atoms with Gasteiger partial charge in [0, 0.05) is 20.3 Å². The second-order valence-electron chi connectivity index (χ2n) is 5.54. The molecule has 1 aliphatic rings. The lowest BCUT2D eigenvalue weighted by Crippen LogP contribution is -2.54. The maximum atomic E-state index is 12.6. The number of carbonyl (C=O) groups excluding carboxylic acids is 1. The molecule has 22 heavy (non-hydrogen) atoms. The van der Waals surface area contributed by atoms with Gasteiger partial charge < -0.3 is 20.1 Å². The summed E-state index contributed by atoms with van der Waals surface area (Å²) in [6.07, 6.45) is 1.41. The average molecular weight is 306 g/mol. The van der Waals surface area contributed by atoms with Crippen LogP contribution in [0.1, 0.15) is 30.9 Å². The van der Waals surface area contributed by atoms with E-state index in [1.54, 1.807) is 7.11 Å². The fourth-order valence-corrected chi connectivity index (χ4v) is 2.77. The summed E-state index contributed by atoms with van der Waals surface area (Å²) in [6, 6.07) is 8.03. The molecule has 0 aromatic heterocycles. The molecule has 2 rings (SSSR count). The minimum absolute atomic E-state index is 0.0253. The van der Waals surface area contributed by atoms with E-state index in [0.717, 1.165) is 24.2 Å².